The molecule has 0 bridgehead atoms. The average molecular weight is 306 g/mol. The van der Waals surface area contributed by atoms with Crippen LogP contribution in [0.3, 0.4) is 0 Å². The van der Waals surface area contributed by atoms with Crippen molar-refractivity contribution in [3.63, 3.8) is 0 Å². The standard InChI is InChI=1S/C17H26N2O3/c1-12(2)11-19(9-8-15(20)21)16(22)14-7-6-13(10-18-14)17(3,4)5/h6-7,10,12H,8-9,11H2,1-5H3,(H,20,21). The quantitative estimate of drug-likeness (QED) is 0.877. The van der Waals surface area contributed by atoms with Crippen molar-refractivity contribution in [2.45, 2.75) is 46.5 Å². The highest BCUT2D eigenvalue weighted by Crippen LogP contribution is 2.21. The van der Waals surface area contributed by atoms with E-state index in [0.29, 0.717) is 12.2 Å². The molecule has 22 heavy (non-hydrogen) atoms. The Hall–Kier alpha value is -1.91. The van der Waals surface area contributed by atoms with Gasteiger partial charge in [0, 0.05) is 19.3 Å². The van der Waals surface area contributed by atoms with Gasteiger partial charge < -0.3 is 10.0 Å². The van der Waals surface area contributed by atoms with Gasteiger partial charge in [0.2, 0.25) is 0 Å². The molecular weight excluding hydrogens is 280 g/mol. The van der Waals surface area contributed by atoms with E-state index in [2.05, 4.69) is 25.8 Å². The zero-order chi connectivity index (χ0) is 16.9. The summed E-state index contributed by atoms with van der Waals surface area (Å²) in [7, 11) is 0. The van der Waals surface area contributed by atoms with Gasteiger partial charge in [0.25, 0.3) is 5.91 Å². The Morgan fingerprint density at radius 2 is 1.91 bits per heavy atom. The molecule has 0 spiro atoms. The minimum Gasteiger partial charge on any atom is -0.481 e. The van der Waals surface area contributed by atoms with Crippen LogP contribution in [0.5, 0.6) is 0 Å². The minimum atomic E-state index is -0.905. The summed E-state index contributed by atoms with van der Waals surface area (Å²) in [6.45, 7) is 11.0. The predicted octanol–water partition coefficient (Wildman–Crippen LogP) is 2.95. The number of aliphatic carboxylic acids is 1. The zero-order valence-corrected chi connectivity index (χ0v) is 14.1. The van der Waals surface area contributed by atoms with Gasteiger partial charge in [0.1, 0.15) is 5.69 Å². The van der Waals surface area contributed by atoms with Gasteiger partial charge in [-0.15, -0.1) is 0 Å². The molecule has 0 aliphatic carbocycles. The Morgan fingerprint density at radius 3 is 2.32 bits per heavy atom. The van der Waals surface area contributed by atoms with Crippen LogP contribution in [-0.4, -0.2) is 40.0 Å². The predicted molar refractivity (Wildman–Crippen MR) is 85.9 cm³/mol. The Bertz CT molecular complexity index is 516. The van der Waals surface area contributed by atoms with Crippen molar-refractivity contribution in [3.05, 3.63) is 29.6 Å². The number of carboxylic acids is 1. The highest BCUT2D eigenvalue weighted by atomic mass is 16.4. The summed E-state index contributed by atoms with van der Waals surface area (Å²) in [5, 5.41) is 8.82. The maximum Gasteiger partial charge on any atom is 0.305 e. The Morgan fingerprint density at radius 1 is 1.27 bits per heavy atom. The van der Waals surface area contributed by atoms with E-state index in [0.717, 1.165) is 5.56 Å². The molecule has 1 heterocycles. The number of carbonyl (C=O) groups excluding carboxylic acids is 1. The summed E-state index contributed by atoms with van der Waals surface area (Å²) in [6.07, 6.45) is 1.66. The number of carboxylic acid groups (broad SMARTS) is 1. The van der Waals surface area contributed by atoms with Gasteiger partial charge in [-0.25, -0.2) is 0 Å². The van der Waals surface area contributed by atoms with E-state index in [4.69, 9.17) is 5.11 Å². The fourth-order valence-electron chi connectivity index (χ4n) is 2.07. The highest BCUT2D eigenvalue weighted by molar-refractivity contribution is 5.92. The van der Waals surface area contributed by atoms with Crippen LogP contribution in [0, 0.1) is 5.92 Å². The summed E-state index contributed by atoms with van der Waals surface area (Å²) >= 11 is 0. The van der Waals surface area contributed by atoms with Crippen LogP contribution in [-0.2, 0) is 10.2 Å². The normalized spacial score (nSPS) is 11.5. The topological polar surface area (TPSA) is 70.5 Å². The number of amides is 1. The molecular formula is C17H26N2O3. The molecule has 1 N–H and O–H groups in total. The first kappa shape index (κ1) is 18.1. The van der Waals surface area contributed by atoms with Gasteiger partial charge >= 0.3 is 5.97 Å². The lowest BCUT2D eigenvalue weighted by molar-refractivity contribution is -0.137. The van der Waals surface area contributed by atoms with E-state index in [1.165, 1.54) is 0 Å². The molecule has 1 aromatic rings. The molecule has 0 aliphatic heterocycles. The van der Waals surface area contributed by atoms with E-state index in [-0.39, 0.29) is 30.2 Å². The third-order valence-corrected chi connectivity index (χ3v) is 3.32. The second-order valence-electron chi connectivity index (χ2n) is 6.97. The van der Waals surface area contributed by atoms with Crippen LogP contribution in [0.15, 0.2) is 18.3 Å². The summed E-state index contributed by atoms with van der Waals surface area (Å²) < 4.78 is 0. The molecule has 122 valence electrons. The average Bonchev–Trinajstić information content (AvgIpc) is 2.41. The first-order valence-electron chi connectivity index (χ1n) is 7.59. The number of hydrogen-bond acceptors (Lipinski definition) is 3. The lowest BCUT2D eigenvalue weighted by atomic mass is 9.88. The number of nitrogens with zero attached hydrogens (tertiary/aromatic N) is 2. The van der Waals surface area contributed by atoms with Crippen molar-refractivity contribution < 1.29 is 14.7 Å². The molecule has 0 atom stereocenters. The lowest BCUT2D eigenvalue weighted by Crippen LogP contribution is -2.36. The van der Waals surface area contributed by atoms with Crippen molar-refractivity contribution >= 4 is 11.9 Å². The molecule has 0 radical (unpaired) electrons. The number of aromatic nitrogens is 1. The van der Waals surface area contributed by atoms with Crippen molar-refractivity contribution in [3.8, 4) is 0 Å². The second-order valence-corrected chi connectivity index (χ2v) is 6.97. The molecule has 0 saturated heterocycles. The number of carbonyl (C=O) groups is 2. The Balaban J connectivity index is 2.90. The first-order valence-corrected chi connectivity index (χ1v) is 7.59. The third-order valence-electron chi connectivity index (χ3n) is 3.32. The van der Waals surface area contributed by atoms with E-state index in [9.17, 15) is 9.59 Å². The van der Waals surface area contributed by atoms with Crippen LogP contribution >= 0.6 is 0 Å². The lowest BCUT2D eigenvalue weighted by Gasteiger charge is -2.24. The van der Waals surface area contributed by atoms with E-state index < -0.39 is 5.97 Å². The number of hydrogen-bond donors (Lipinski definition) is 1. The van der Waals surface area contributed by atoms with Gasteiger partial charge in [-0.1, -0.05) is 40.7 Å². The van der Waals surface area contributed by atoms with Crippen molar-refractivity contribution in [1.29, 1.82) is 0 Å². The molecule has 0 unspecified atom stereocenters. The smallest absolute Gasteiger partial charge is 0.305 e. The van der Waals surface area contributed by atoms with Crippen molar-refractivity contribution in [2.75, 3.05) is 13.1 Å². The molecule has 5 nitrogen and oxygen atoms in total. The summed E-state index contributed by atoms with van der Waals surface area (Å²) in [5.41, 5.74) is 1.40. The Kier molecular flexibility index (Phi) is 6.09. The summed E-state index contributed by atoms with van der Waals surface area (Å²) in [6, 6.07) is 3.63. The molecule has 1 aromatic heterocycles. The number of pyridine rings is 1. The summed E-state index contributed by atoms with van der Waals surface area (Å²) in [4.78, 5) is 29.1. The molecule has 1 amide bonds. The Labute approximate surface area is 132 Å². The summed E-state index contributed by atoms with van der Waals surface area (Å²) in [5.74, 6) is -0.848. The molecule has 0 aromatic carbocycles. The van der Waals surface area contributed by atoms with E-state index in [1.54, 1.807) is 17.2 Å². The van der Waals surface area contributed by atoms with Gasteiger partial charge in [-0.2, -0.15) is 0 Å². The van der Waals surface area contributed by atoms with Crippen molar-refractivity contribution in [1.82, 2.24) is 9.88 Å². The molecule has 0 saturated carbocycles. The maximum absolute atomic E-state index is 12.5. The maximum atomic E-state index is 12.5. The van der Waals surface area contributed by atoms with Gasteiger partial charge in [0.05, 0.1) is 6.42 Å². The number of rotatable bonds is 6. The molecule has 5 heteroatoms. The van der Waals surface area contributed by atoms with Gasteiger partial charge in [-0.3, -0.25) is 14.6 Å². The molecule has 0 fully saturated rings. The van der Waals surface area contributed by atoms with E-state index >= 15 is 0 Å². The van der Waals surface area contributed by atoms with E-state index in [1.807, 2.05) is 19.9 Å². The van der Waals surface area contributed by atoms with Gasteiger partial charge in [-0.05, 0) is 23.0 Å². The second kappa shape index (κ2) is 7.38. The zero-order valence-electron chi connectivity index (χ0n) is 14.1. The molecule has 0 aliphatic rings. The largest absolute Gasteiger partial charge is 0.481 e. The van der Waals surface area contributed by atoms with Crippen molar-refractivity contribution in [2.24, 2.45) is 5.92 Å². The van der Waals surface area contributed by atoms with Crippen LogP contribution in [0.25, 0.3) is 0 Å². The van der Waals surface area contributed by atoms with Gasteiger partial charge in [0.15, 0.2) is 0 Å². The van der Waals surface area contributed by atoms with Crippen LogP contribution < -0.4 is 0 Å². The van der Waals surface area contributed by atoms with Crippen LogP contribution in [0.4, 0.5) is 0 Å². The minimum absolute atomic E-state index is 0.0183. The monoisotopic (exact) mass is 306 g/mol. The third kappa shape index (κ3) is 5.47. The SMILES string of the molecule is CC(C)CN(CCC(=O)O)C(=O)c1ccc(C(C)(C)C)cn1. The highest BCUT2D eigenvalue weighted by Gasteiger charge is 2.20. The fraction of sp³-hybridized carbons (Fsp3) is 0.588. The van der Waals surface area contributed by atoms with Crippen LogP contribution in [0.1, 0.15) is 57.1 Å². The van der Waals surface area contributed by atoms with Crippen LogP contribution in [0.2, 0.25) is 0 Å². The molecule has 1 rings (SSSR count). The first-order chi connectivity index (χ1) is 10.1. The fourth-order valence-corrected chi connectivity index (χ4v) is 2.07.